The van der Waals surface area contributed by atoms with E-state index in [1.165, 1.54) is 5.56 Å². The number of pyridine rings is 2. The van der Waals surface area contributed by atoms with Crippen LogP contribution in [0, 0.1) is 0 Å². The number of piperazine rings is 1. The van der Waals surface area contributed by atoms with Gasteiger partial charge in [-0.2, -0.15) is 5.10 Å². The Labute approximate surface area is 210 Å². The van der Waals surface area contributed by atoms with E-state index in [0.29, 0.717) is 0 Å². The number of hydrogen-bond donors (Lipinski definition) is 4. The second-order valence-corrected chi connectivity index (χ2v) is 9.53. The van der Waals surface area contributed by atoms with Crippen molar-refractivity contribution in [2.24, 2.45) is 0 Å². The average Bonchev–Trinajstić information content (AvgIpc) is 3.53. The quantitative estimate of drug-likeness (QED) is 0.328. The summed E-state index contributed by atoms with van der Waals surface area (Å²) in [4.78, 5) is 17.6. The maximum atomic E-state index is 4.67. The summed E-state index contributed by atoms with van der Waals surface area (Å²) < 4.78 is 0. The number of aromatic amines is 2. The highest BCUT2D eigenvalue weighted by atomic mass is 15.3. The van der Waals surface area contributed by atoms with E-state index in [4.69, 9.17) is 0 Å². The summed E-state index contributed by atoms with van der Waals surface area (Å²) in [5.74, 6) is 0. The van der Waals surface area contributed by atoms with Crippen molar-refractivity contribution < 1.29 is 0 Å². The number of H-pyrrole nitrogens is 2. The fourth-order valence-electron chi connectivity index (χ4n) is 4.89. The molecule has 6 rings (SSSR count). The first kappa shape index (κ1) is 22.5. The van der Waals surface area contributed by atoms with Crippen LogP contribution in [0.4, 0.5) is 5.69 Å². The van der Waals surface area contributed by atoms with E-state index < -0.39 is 0 Å². The largest absolute Gasteiger partial charge is 0.372 e. The number of allylic oxidation sites excluding steroid dienone is 1. The lowest BCUT2D eigenvalue weighted by Crippen LogP contribution is -2.49. The highest BCUT2D eigenvalue weighted by Crippen LogP contribution is 2.34. The van der Waals surface area contributed by atoms with Crippen LogP contribution in [0.3, 0.4) is 0 Å². The van der Waals surface area contributed by atoms with E-state index in [-0.39, 0.29) is 6.17 Å². The molecule has 9 heteroatoms. The Kier molecular flexibility index (Phi) is 5.79. The minimum atomic E-state index is 0.158. The standard InChI is InChI=1S/C27H31N9/c1-4-17(2)31-19-11-18(14-28-15-19)23-12-20-25(16-30-23)33-34-26(20)24-13-21-22(32-24)5-6-29-27(21)36-9-7-35(3)8-10-36/h5-6,11-16,27,29,31-32H,2,4,7-10H2,1,3H3,(H,33,34). The van der Waals surface area contributed by atoms with Crippen LogP contribution in [0.2, 0.25) is 0 Å². The van der Waals surface area contributed by atoms with Crippen molar-refractivity contribution in [3.05, 3.63) is 66.5 Å². The zero-order valence-electron chi connectivity index (χ0n) is 20.7. The average molecular weight is 482 g/mol. The summed E-state index contributed by atoms with van der Waals surface area (Å²) >= 11 is 0. The molecular weight excluding hydrogens is 450 g/mol. The maximum absolute atomic E-state index is 4.67. The van der Waals surface area contributed by atoms with Gasteiger partial charge in [-0.05, 0) is 43.9 Å². The topological polar surface area (TPSA) is 101 Å². The molecule has 2 aliphatic heterocycles. The molecule has 1 atom stereocenters. The van der Waals surface area contributed by atoms with Crippen molar-refractivity contribution in [3.63, 3.8) is 0 Å². The molecule has 4 aromatic rings. The van der Waals surface area contributed by atoms with Crippen LogP contribution in [0.1, 0.15) is 30.8 Å². The van der Waals surface area contributed by atoms with Crippen molar-refractivity contribution in [2.45, 2.75) is 19.5 Å². The van der Waals surface area contributed by atoms with Crippen LogP contribution in [0.15, 0.2) is 55.3 Å². The molecule has 0 saturated carbocycles. The Morgan fingerprint density at radius 2 is 2.00 bits per heavy atom. The molecule has 4 aromatic heterocycles. The molecule has 0 bridgehead atoms. The molecule has 0 aromatic carbocycles. The van der Waals surface area contributed by atoms with Gasteiger partial charge in [-0.25, -0.2) is 0 Å². The zero-order valence-corrected chi connectivity index (χ0v) is 20.7. The van der Waals surface area contributed by atoms with E-state index in [9.17, 15) is 0 Å². The van der Waals surface area contributed by atoms with Gasteiger partial charge in [0.05, 0.1) is 35.0 Å². The molecule has 4 N–H and O–H groups in total. The Balaban J connectivity index is 1.34. The number of nitrogens with zero attached hydrogens (tertiary/aromatic N) is 5. The summed E-state index contributed by atoms with van der Waals surface area (Å²) in [6.45, 7) is 10.3. The van der Waals surface area contributed by atoms with Gasteiger partial charge in [0.1, 0.15) is 11.9 Å². The van der Waals surface area contributed by atoms with E-state index in [0.717, 1.165) is 83.2 Å². The number of aromatic nitrogens is 5. The Morgan fingerprint density at radius 3 is 2.83 bits per heavy atom. The van der Waals surface area contributed by atoms with Gasteiger partial charge in [0.25, 0.3) is 0 Å². The highest BCUT2D eigenvalue weighted by molar-refractivity contribution is 5.94. The van der Waals surface area contributed by atoms with Crippen molar-refractivity contribution >= 4 is 22.7 Å². The van der Waals surface area contributed by atoms with Gasteiger partial charge in [0, 0.05) is 60.3 Å². The minimum Gasteiger partial charge on any atom is -0.372 e. The van der Waals surface area contributed by atoms with Crippen molar-refractivity contribution in [3.8, 4) is 22.6 Å². The second-order valence-electron chi connectivity index (χ2n) is 9.53. The summed E-state index contributed by atoms with van der Waals surface area (Å²) in [5, 5.41) is 15.7. The first-order valence-corrected chi connectivity index (χ1v) is 12.4. The van der Waals surface area contributed by atoms with Crippen LogP contribution in [0.25, 0.3) is 39.6 Å². The molecule has 2 aliphatic rings. The summed E-state index contributed by atoms with van der Waals surface area (Å²) in [6, 6.07) is 6.36. The second kappa shape index (κ2) is 9.25. The molecule has 1 fully saturated rings. The zero-order chi connectivity index (χ0) is 24.6. The van der Waals surface area contributed by atoms with Crippen molar-refractivity contribution in [1.29, 1.82) is 0 Å². The Hall–Kier alpha value is -3.95. The van der Waals surface area contributed by atoms with Crippen molar-refractivity contribution in [2.75, 3.05) is 38.5 Å². The lowest BCUT2D eigenvalue weighted by molar-refractivity contribution is 0.101. The molecular formula is C27H31N9. The lowest BCUT2D eigenvalue weighted by Gasteiger charge is -2.39. The minimum absolute atomic E-state index is 0.158. The summed E-state index contributed by atoms with van der Waals surface area (Å²) in [5.41, 5.74) is 8.77. The van der Waals surface area contributed by atoms with Gasteiger partial charge in [0.2, 0.25) is 0 Å². The Morgan fingerprint density at radius 1 is 1.14 bits per heavy atom. The normalized spacial score (nSPS) is 18.2. The number of likely N-dealkylation sites (N-methyl/N-ethyl adjacent to an activating group) is 1. The summed E-state index contributed by atoms with van der Waals surface area (Å²) in [7, 11) is 2.18. The SMILES string of the molecule is C=C(CC)Nc1cncc(-c2cc3c(-c4cc5c([nH]4)C=CNC5N4CCN(C)CC4)n[nH]c3cn2)c1. The molecule has 1 saturated heterocycles. The van der Waals surface area contributed by atoms with E-state index in [1.54, 1.807) is 6.20 Å². The molecule has 0 radical (unpaired) electrons. The van der Waals surface area contributed by atoms with E-state index >= 15 is 0 Å². The molecule has 0 spiro atoms. The van der Waals surface area contributed by atoms with Gasteiger partial charge in [-0.1, -0.05) is 13.5 Å². The van der Waals surface area contributed by atoms with E-state index in [1.807, 2.05) is 24.7 Å². The van der Waals surface area contributed by atoms with Crippen LogP contribution >= 0.6 is 0 Å². The molecule has 0 aliphatic carbocycles. The third-order valence-electron chi connectivity index (χ3n) is 7.07. The monoisotopic (exact) mass is 481 g/mol. The number of nitrogens with one attached hydrogen (secondary N) is 4. The number of hydrogen-bond acceptors (Lipinski definition) is 7. The maximum Gasteiger partial charge on any atom is 0.116 e. The van der Waals surface area contributed by atoms with Crippen LogP contribution in [-0.4, -0.2) is 68.2 Å². The van der Waals surface area contributed by atoms with Gasteiger partial charge >= 0.3 is 0 Å². The third kappa shape index (κ3) is 4.16. The van der Waals surface area contributed by atoms with Crippen LogP contribution in [0.5, 0.6) is 0 Å². The molecule has 1 unspecified atom stereocenters. The van der Waals surface area contributed by atoms with Gasteiger partial charge < -0.3 is 20.5 Å². The molecule has 184 valence electrons. The van der Waals surface area contributed by atoms with Crippen molar-refractivity contribution in [1.82, 2.24) is 40.3 Å². The molecule has 36 heavy (non-hydrogen) atoms. The smallest absolute Gasteiger partial charge is 0.116 e. The van der Waals surface area contributed by atoms with E-state index in [2.05, 4.69) is 84.3 Å². The first-order valence-electron chi connectivity index (χ1n) is 12.4. The van der Waals surface area contributed by atoms with Gasteiger partial charge in [0.15, 0.2) is 0 Å². The molecule has 6 heterocycles. The first-order chi connectivity index (χ1) is 17.6. The number of rotatable bonds is 6. The summed E-state index contributed by atoms with van der Waals surface area (Å²) in [6.07, 6.45) is 10.6. The Bertz CT molecular complexity index is 1440. The fraction of sp³-hybridized carbons (Fsp3) is 0.296. The molecule has 9 nitrogen and oxygen atoms in total. The van der Waals surface area contributed by atoms with Crippen LogP contribution in [-0.2, 0) is 0 Å². The predicted molar refractivity (Wildman–Crippen MR) is 144 cm³/mol. The van der Waals surface area contributed by atoms with Gasteiger partial charge in [-0.15, -0.1) is 0 Å². The highest BCUT2D eigenvalue weighted by Gasteiger charge is 2.28. The molecule has 0 amide bonds. The lowest BCUT2D eigenvalue weighted by atomic mass is 10.1. The third-order valence-corrected chi connectivity index (χ3v) is 7.07. The fourth-order valence-corrected chi connectivity index (χ4v) is 4.89. The number of fused-ring (bicyclic) bond motifs is 2. The predicted octanol–water partition coefficient (Wildman–Crippen LogP) is 4.17. The van der Waals surface area contributed by atoms with Gasteiger partial charge in [-0.3, -0.25) is 20.0 Å². The number of anilines is 1. The van der Waals surface area contributed by atoms with Crippen LogP contribution < -0.4 is 10.6 Å².